The SMILES string of the molecule is C[C@@H]1CN(C(=O)c2nc(-c3ccccc3)cs2)C[C@H]1C(=O)O. The zero-order valence-corrected chi connectivity index (χ0v) is 12.9. The fraction of sp³-hybridized carbons (Fsp3) is 0.312. The number of aliphatic carboxylic acids is 1. The summed E-state index contributed by atoms with van der Waals surface area (Å²) in [5.74, 6) is -1.54. The molecule has 114 valence electrons. The Hall–Kier alpha value is -2.21. The predicted molar refractivity (Wildman–Crippen MR) is 83.7 cm³/mol. The molecule has 0 saturated carbocycles. The van der Waals surface area contributed by atoms with Crippen LogP contribution in [-0.4, -0.2) is 40.0 Å². The molecule has 0 radical (unpaired) electrons. The third-order valence-electron chi connectivity index (χ3n) is 3.97. The lowest BCUT2D eigenvalue weighted by molar-refractivity contribution is -0.142. The smallest absolute Gasteiger partial charge is 0.308 e. The highest BCUT2D eigenvalue weighted by molar-refractivity contribution is 7.12. The standard InChI is InChI=1S/C16H16N2O3S/c1-10-7-18(8-12(10)16(20)21)15(19)14-17-13(9-22-14)11-5-3-2-4-6-11/h2-6,9-10,12H,7-8H2,1H3,(H,20,21)/t10-,12-/m1/s1. The minimum Gasteiger partial charge on any atom is -0.481 e. The Morgan fingerprint density at radius 1 is 1.27 bits per heavy atom. The van der Waals surface area contributed by atoms with E-state index in [2.05, 4.69) is 4.98 Å². The summed E-state index contributed by atoms with van der Waals surface area (Å²) >= 11 is 1.30. The molecule has 1 aliphatic rings. The van der Waals surface area contributed by atoms with Gasteiger partial charge in [-0.2, -0.15) is 0 Å². The maximum absolute atomic E-state index is 12.5. The number of aromatic nitrogens is 1. The molecule has 0 spiro atoms. The number of rotatable bonds is 3. The molecule has 5 nitrogen and oxygen atoms in total. The van der Waals surface area contributed by atoms with Crippen molar-refractivity contribution in [1.82, 2.24) is 9.88 Å². The second kappa shape index (κ2) is 5.88. The lowest BCUT2D eigenvalue weighted by atomic mass is 9.99. The number of nitrogens with zero attached hydrogens (tertiary/aromatic N) is 2. The number of thiazole rings is 1. The molecule has 0 bridgehead atoms. The summed E-state index contributed by atoms with van der Waals surface area (Å²) in [6.07, 6.45) is 0. The van der Waals surface area contributed by atoms with Gasteiger partial charge in [-0.05, 0) is 5.92 Å². The molecule has 1 aromatic carbocycles. The molecule has 0 aliphatic carbocycles. The molecule has 22 heavy (non-hydrogen) atoms. The number of carbonyl (C=O) groups is 2. The summed E-state index contributed by atoms with van der Waals surface area (Å²) in [7, 11) is 0. The van der Waals surface area contributed by atoms with Crippen LogP contribution in [0.15, 0.2) is 35.7 Å². The van der Waals surface area contributed by atoms with Gasteiger partial charge in [0, 0.05) is 24.0 Å². The van der Waals surface area contributed by atoms with E-state index in [1.54, 1.807) is 4.90 Å². The van der Waals surface area contributed by atoms with Gasteiger partial charge in [0.2, 0.25) is 0 Å². The number of benzene rings is 1. The summed E-state index contributed by atoms with van der Waals surface area (Å²) in [4.78, 5) is 29.6. The van der Waals surface area contributed by atoms with Crippen LogP contribution in [0.5, 0.6) is 0 Å². The molecule has 1 aliphatic heterocycles. The third kappa shape index (κ3) is 2.74. The summed E-state index contributed by atoms with van der Waals surface area (Å²) in [6.45, 7) is 2.59. The lowest BCUT2D eigenvalue weighted by Gasteiger charge is -2.13. The quantitative estimate of drug-likeness (QED) is 0.945. The van der Waals surface area contributed by atoms with E-state index in [1.165, 1.54) is 11.3 Å². The van der Waals surface area contributed by atoms with Crippen molar-refractivity contribution in [2.24, 2.45) is 11.8 Å². The second-order valence-corrected chi connectivity index (χ2v) is 6.39. The van der Waals surface area contributed by atoms with Gasteiger partial charge in [0.1, 0.15) is 0 Å². The highest BCUT2D eigenvalue weighted by Crippen LogP contribution is 2.27. The highest BCUT2D eigenvalue weighted by atomic mass is 32.1. The van der Waals surface area contributed by atoms with Crippen molar-refractivity contribution in [3.05, 3.63) is 40.7 Å². The molecule has 1 saturated heterocycles. The van der Waals surface area contributed by atoms with Crippen LogP contribution in [0.3, 0.4) is 0 Å². The van der Waals surface area contributed by atoms with Gasteiger partial charge in [0.25, 0.3) is 5.91 Å². The van der Waals surface area contributed by atoms with Crippen LogP contribution in [0.25, 0.3) is 11.3 Å². The predicted octanol–water partition coefficient (Wildman–Crippen LogP) is 2.60. The van der Waals surface area contributed by atoms with Gasteiger partial charge >= 0.3 is 5.97 Å². The number of carbonyl (C=O) groups excluding carboxylic acids is 1. The number of hydrogen-bond acceptors (Lipinski definition) is 4. The first-order valence-corrected chi connectivity index (χ1v) is 7.97. The van der Waals surface area contributed by atoms with Crippen LogP contribution in [0.1, 0.15) is 16.7 Å². The van der Waals surface area contributed by atoms with Gasteiger partial charge in [0.05, 0.1) is 11.6 Å². The molecule has 1 fully saturated rings. The van der Waals surface area contributed by atoms with Crippen LogP contribution in [0.4, 0.5) is 0 Å². The topological polar surface area (TPSA) is 70.5 Å². The van der Waals surface area contributed by atoms with Crippen molar-refractivity contribution >= 4 is 23.2 Å². The Kier molecular flexibility index (Phi) is 3.94. The molecular weight excluding hydrogens is 300 g/mol. The van der Waals surface area contributed by atoms with Crippen molar-refractivity contribution in [1.29, 1.82) is 0 Å². The maximum atomic E-state index is 12.5. The summed E-state index contributed by atoms with van der Waals surface area (Å²) in [5.41, 5.74) is 1.74. The first kappa shape index (κ1) is 14.7. The van der Waals surface area contributed by atoms with E-state index in [0.29, 0.717) is 11.6 Å². The zero-order chi connectivity index (χ0) is 15.7. The van der Waals surface area contributed by atoms with Crippen molar-refractivity contribution in [2.45, 2.75) is 6.92 Å². The van der Waals surface area contributed by atoms with Crippen molar-refractivity contribution in [3.8, 4) is 11.3 Å². The number of carboxylic acids is 1. The van der Waals surface area contributed by atoms with Crippen LogP contribution in [0, 0.1) is 11.8 Å². The molecule has 1 N–H and O–H groups in total. The maximum Gasteiger partial charge on any atom is 0.308 e. The summed E-state index contributed by atoms with van der Waals surface area (Å²) in [5, 5.41) is 11.4. The summed E-state index contributed by atoms with van der Waals surface area (Å²) < 4.78 is 0. The van der Waals surface area contributed by atoms with E-state index in [9.17, 15) is 9.59 Å². The normalized spacial score (nSPS) is 21.0. The van der Waals surface area contributed by atoms with E-state index < -0.39 is 11.9 Å². The number of likely N-dealkylation sites (tertiary alicyclic amines) is 1. The third-order valence-corrected chi connectivity index (χ3v) is 4.80. The van der Waals surface area contributed by atoms with E-state index >= 15 is 0 Å². The fourth-order valence-corrected chi connectivity index (χ4v) is 3.50. The molecule has 1 amide bonds. The average molecular weight is 316 g/mol. The number of amides is 1. The largest absolute Gasteiger partial charge is 0.481 e. The Morgan fingerprint density at radius 3 is 2.64 bits per heavy atom. The number of hydrogen-bond donors (Lipinski definition) is 1. The average Bonchev–Trinajstić information content (AvgIpc) is 3.14. The molecule has 2 aromatic rings. The van der Waals surface area contributed by atoms with Crippen molar-refractivity contribution < 1.29 is 14.7 Å². The van der Waals surface area contributed by atoms with Crippen LogP contribution in [0.2, 0.25) is 0 Å². The molecule has 0 unspecified atom stereocenters. The first-order chi connectivity index (χ1) is 10.6. The summed E-state index contributed by atoms with van der Waals surface area (Å²) in [6, 6.07) is 9.68. The van der Waals surface area contributed by atoms with Crippen LogP contribution >= 0.6 is 11.3 Å². The van der Waals surface area contributed by atoms with Gasteiger partial charge in [-0.1, -0.05) is 37.3 Å². The monoisotopic (exact) mass is 316 g/mol. The van der Waals surface area contributed by atoms with Gasteiger partial charge in [-0.25, -0.2) is 4.98 Å². The molecule has 6 heteroatoms. The Morgan fingerprint density at radius 2 is 2.00 bits per heavy atom. The van der Waals surface area contributed by atoms with Gasteiger partial charge in [-0.15, -0.1) is 11.3 Å². The minimum atomic E-state index is -0.841. The van der Waals surface area contributed by atoms with E-state index in [4.69, 9.17) is 5.11 Å². The second-order valence-electron chi connectivity index (χ2n) is 5.54. The van der Waals surface area contributed by atoms with Gasteiger partial charge < -0.3 is 10.0 Å². The number of carboxylic acid groups (broad SMARTS) is 1. The lowest BCUT2D eigenvalue weighted by Crippen LogP contribution is -2.29. The Bertz CT molecular complexity index is 698. The van der Waals surface area contributed by atoms with Crippen molar-refractivity contribution in [2.75, 3.05) is 13.1 Å². The molecular formula is C16H16N2O3S. The zero-order valence-electron chi connectivity index (χ0n) is 12.1. The highest BCUT2D eigenvalue weighted by Gasteiger charge is 2.37. The molecule has 1 aromatic heterocycles. The molecule has 2 atom stereocenters. The molecule has 3 rings (SSSR count). The van der Waals surface area contributed by atoms with E-state index in [0.717, 1.165) is 11.3 Å². The minimum absolute atomic E-state index is 0.0324. The Labute approximate surface area is 132 Å². The van der Waals surface area contributed by atoms with Gasteiger partial charge in [0.15, 0.2) is 5.01 Å². The van der Waals surface area contributed by atoms with E-state index in [1.807, 2.05) is 42.6 Å². The first-order valence-electron chi connectivity index (χ1n) is 7.09. The van der Waals surface area contributed by atoms with E-state index in [-0.39, 0.29) is 18.4 Å². The van der Waals surface area contributed by atoms with Crippen LogP contribution in [-0.2, 0) is 4.79 Å². The fourth-order valence-electron chi connectivity index (χ4n) is 2.70. The van der Waals surface area contributed by atoms with Crippen molar-refractivity contribution in [3.63, 3.8) is 0 Å². The molecule has 2 heterocycles. The Balaban J connectivity index is 1.77. The van der Waals surface area contributed by atoms with Crippen LogP contribution < -0.4 is 0 Å². The van der Waals surface area contributed by atoms with Gasteiger partial charge in [-0.3, -0.25) is 9.59 Å².